The largest absolute Gasteiger partial charge is 0.480 e. The summed E-state index contributed by atoms with van der Waals surface area (Å²) in [7, 11) is 4.47. The topological polar surface area (TPSA) is 158 Å². The van der Waals surface area contributed by atoms with E-state index in [-0.39, 0.29) is 29.5 Å². The maximum atomic E-state index is 13.1. The van der Waals surface area contributed by atoms with Crippen molar-refractivity contribution < 1.29 is 14.6 Å². The second kappa shape index (κ2) is 13.4. The van der Waals surface area contributed by atoms with E-state index in [1.165, 1.54) is 18.7 Å². The molecule has 1 saturated heterocycles. The molecule has 2 aromatic carbocycles. The van der Waals surface area contributed by atoms with E-state index in [0.29, 0.717) is 75.1 Å². The van der Waals surface area contributed by atoms with Crippen molar-refractivity contribution in [1.82, 2.24) is 34.4 Å². The molecule has 0 spiro atoms. The van der Waals surface area contributed by atoms with Gasteiger partial charge in [0, 0.05) is 50.0 Å². The fraction of sp³-hybridized carbons (Fsp3) is 0.312. The molecule has 3 N–H and O–H groups in total. The highest BCUT2D eigenvalue weighted by atomic mass is 35.5. The number of benzene rings is 2. The van der Waals surface area contributed by atoms with Gasteiger partial charge >= 0.3 is 5.69 Å². The number of nitrogens with zero attached hydrogens (tertiary/aromatic N) is 6. The SMILES string of the molecule is COc1nc(-c2cccc(-c3cccc(Nc4nc(C)nc5c4c(=O)n(C)c(=O)n5C)c3Cl)c2Cl)cnc1CN[C@@H]1CCOC[C@@H]1O. The molecule has 4 heterocycles. The minimum atomic E-state index is -0.601. The maximum absolute atomic E-state index is 13.1. The van der Waals surface area contributed by atoms with Crippen LogP contribution in [0.3, 0.4) is 0 Å². The van der Waals surface area contributed by atoms with E-state index in [4.69, 9.17) is 32.7 Å². The van der Waals surface area contributed by atoms with Crippen molar-refractivity contribution in [3.8, 4) is 28.3 Å². The summed E-state index contributed by atoms with van der Waals surface area (Å²) in [4.78, 5) is 43.8. The monoisotopic (exact) mass is 678 g/mol. The lowest BCUT2D eigenvalue weighted by molar-refractivity contribution is -0.0281. The number of nitrogens with one attached hydrogen (secondary N) is 2. The van der Waals surface area contributed by atoms with Gasteiger partial charge in [-0.15, -0.1) is 0 Å². The number of hydrogen-bond acceptors (Lipinski definition) is 11. The average Bonchev–Trinajstić information content (AvgIpc) is 3.07. The van der Waals surface area contributed by atoms with Crippen LogP contribution < -0.4 is 26.6 Å². The summed E-state index contributed by atoms with van der Waals surface area (Å²) in [6.07, 6.45) is 1.71. The van der Waals surface area contributed by atoms with Gasteiger partial charge in [-0.25, -0.2) is 19.7 Å². The predicted octanol–water partition coefficient (Wildman–Crippen LogP) is 3.76. The van der Waals surface area contributed by atoms with Crippen molar-refractivity contribution in [2.45, 2.75) is 32.0 Å². The first kappa shape index (κ1) is 32.5. The van der Waals surface area contributed by atoms with Crippen LogP contribution in [-0.4, -0.2) is 66.6 Å². The number of ether oxygens (including phenoxy) is 2. The number of halogens is 2. The minimum Gasteiger partial charge on any atom is -0.480 e. The lowest BCUT2D eigenvalue weighted by Crippen LogP contribution is -2.46. The molecule has 2 atom stereocenters. The fourth-order valence-electron chi connectivity index (χ4n) is 5.56. The number of rotatable bonds is 8. The minimum absolute atomic E-state index is 0.118. The van der Waals surface area contributed by atoms with Gasteiger partial charge in [-0.3, -0.25) is 18.9 Å². The molecule has 13 nitrogen and oxygen atoms in total. The van der Waals surface area contributed by atoms with E-state index in [2.05, 4.69) is 30.6 Å². The van der Waals surface area contributed by atoms with Gasteiger partial charge < -0.3 is 25.2 Å². The zero-order valence-corrected chi connectivity index (χ0v) is 27.6. The lowest BCUT2D eigenvalue weighted by Gasteiger charge is -2.28. The van der Waals surface area contributed by atoms with Crippen LogP contribution in [0.1, 0.15) is 17.9 Å². The van der Waals surface area contributed by atoms with Crippen LogP contribution in [0, 0.1) is 6.92 Å². The molecule has 1 fully saturated rings. The Balaban J connectivity index is 1.34. The van der Waals surface area contributed by atoms with Gasteiger partial charge in [0.25, 0.3) is 5.56 Å². The van der Waals surface area contributed by atoms with E-state index in [0.717, 1.165) is 4.57 Å². The molecule has 0 bridgehead atoms. The Morgan fingerprint density at radius 1 is 1.02 bits per heavy atom. The molecule has 244 valence electrons. The van der Waals surface area contributed by atoms with Crippen LogP contribution in [-0.2, 0) is 25.4 Å². The van der Waals surface area contributed by atoms with E-state index < -0.39 is 17.4 Å². The Kier molecular flexibility index (Phi) is 9.26. The van der Waals surface area contributed by atoms with Gasteiger partial charge in [0.15, 0.2) is 5.65 Å². The maximum Gasteiger partial charge on any atom is 0.332 e. The van der Waals surface area contributed by atoms with Gasteiger partial charge in [0.05, 0.1) is 47.4 Å². The molecule has 0 amide bonds. The summed E-state index contributed by atoms with van der Waals surface area (Å²) in [6, 6.07) is 10.8. The number of aliphatic hydroxyl groups is 1. The highest BCUT2D eigenvalue weighted by Crippen LogP contribution is 2.42. The second-order valence-electron chi connectivity index (χ2n) is 11.1. The third-order valence-electron chi connectivity index (χ3n) is 8.09. The highest BCUT2D eigenvalue weighted by Gasteiger charge is 2.24. The summed E-state index contributed by atoms with van der Waals surface area (Å²) < 4.78 is 13.2. The van der Waals surface area contributed by atoms with E-state index in [9.17, 15) is 14.7 Å². The van der Waals surface area contributed by atoms with Gasteiger partial charge in [-0.1, -0.05) is 53.5 Å². The van der Waals surface area contributed by atoms with Crippen molar-refractivity contribution in [2.75, 3.05) is 25.6 Å². The molecule has 47 heavy (non-hydrogen) atoms. The van der Waals surface area contributed by atoms with Crippen LogP contribution in [0.4, 0.5) is 11.5 Å². The smallest absolute Gasteiger partial charge is 0.332 e. The van der Waals surface area contributed by atoms with Crippen molar-refractivity contribution in [1.29, 1.82) is 0 Å². The molecule has 6 rings (SSSR count). The third-order valence-corrected chi connectivity index (χ3v) is 8.91. The van der Waals surface area contributed by atoms with E-state index in [1.807, 2.05) is 24.3 Å². The zero-order valence-electron chi connectivity index (χ0n) is 26.0. The molecular formula is C32H32Cl2N8O5. The molecule has 0 radical (unpaired) electrons. The summed E-state index contributed by atoms with van der Waals surface area (Å²) in [6.45, 7) is 2.89. The van der Waals surface area contributed by atoms with Crippen LogP contribution in [0.25, 0.3) is 33.4 Å². The molecule has 1 aliphatic rings. The van der Waals surface area contributed by atoms with Crippen molar-refractivity contribution in [3.05, 3.63) is 85.0 Å². The summed E-state index contributed by atoms with van der Waals surface area (Å²) in [5.41, 5.74) is 2.60. The highest BCUT2D eigenvalue weighted by molar-refractivity contribution is 6.39. The van der Waals surface area contributed by atoms with E-state index >= 15 is 0 Å². The average molecular weight is 680 g/mol. The first-order chi connectivity index (χ1) is 22.6. The molecule has 15 heteroatoms. The second-order valence-corrected chi connectivity index (χ2v) is 11.9. The summed E-state index contributed by atoms with van der Waals surface area (Å²) >= 11 is 14.0. The number of hydrogen-bond donors (Lipinski definition) is 3. The quantitative estimate of drug-likeness (QED) is 0.219. The van der Waals surface area contributed by atoms with Crippen molar-refractivity contribution in [3.63, 3.8) is 0 Å². The normalized spacial score (nSPS) is 16.4. The first-order valence-corrected chi connectivity index (χ1v) is 15.5. The molecule has 0 unspecified atom stereocenters. The standard InChI is InChI=1S/C32H32Cl2N8O5/c1-16-37-28(25-29(38-16)41(2)32(45)42(3)31(25)44)39-21-10-6-8-18(27(21)34)17-7-5-9-19(26(17)33)22-13-36-23(30(40-22)46-4)14-35-20-11-12-47-15-24(20)43/h5-10,13,20,24,35,43H,11-12,14-15H2,1-4H3,(H,37,38,39)/t20-,24+/m1/s1. The number of aryl methyl sites for hydroxylation is 2. The van der Waals surface area contributed by atoms with Crippen LogP contribution >= 0.6 is 23.2 Å². The fourth-order valence-corrected chi connectivity index (χ4v) is 6.16. The first-order valence-electron chi connectivity index (χ1n) is 14.8. The molecule has 0 aliphatic carbocycles. The van der Waals surface area contributed by atoms with Crippen LogP contribution in [0.5, 0.6) is 5.88 Å². The number of anilines is 2. The Morgan fingerprint density at radius 2 is 1.74 bits per heavy atom. The van der Waals surface area contributed by atoms with Gasteiger partial charge in [0.1, 0.15) is 22.7 Å². The van der Waals surface area contributed by atoms with Crippen molar-refractivity contribution >= 4 is 45.7 Å². The molecular weight excluding hydrogens is 647 g/mol. The number of aliphatic hydroxyl groups excluding tert-OH is 1. The van der Waals surface area contributed by atoms with E-state index in [1.54, 1.807) is 32.3 Å². The van der Waals surface area contributed by atoms with Gasteiger partial charge in [0.2, 0.25) is 5.88 Å². The van der Waals surface area contributed by atoms with Crippen molar-refractivity contribution in [2.24, 2.45) is 14.1 Å². The number of aromatic nitrogens is 6. The number of fused-ring (bicyclic) bond motifs is 1. The Morgan fingerprint density at radius 3 is 2.49 bits per heavy atom. The molecule has 0 saturated carbocycles. The zero-order chi connectivity index (χ0) is 33.4. The summed E-state index contributed by atoms with van der Waals surface area (Å²) in [5.74, 6) is 0.912. The van der Waals surface area contributed by atoms with Crippen LogP contribution in [0.15, 0.2) is 52.2 Å². The Labute approximate surface area is 279 Å². The van der Waals surface area contributed by atoms with Crippen LogP contribution in [0.2, 0.25) is 10.0 Å². The molecule has 1 aliphatic heterocycles. The Hall–Kier alpha value is -4.40. The lowest BCUT2D eigenvalue weighted by atomic mass is 10.0. The molecule has 5 aromatic rings. The third kappa shape index (κ3) is 6.20. The van der Waals surface area contributed by atoms with Gasteiger partial charge in [-0.2, -0.15) is 0 Å². The summed E-state index contributed by atoms with van der Waals surface area (Å²) in [5, 5.41) is 17.6. The predicted molar refractivity (Wildman–Crippen MR) is 180 cm³/mol. The Bertz CT molecular complexity index is 2120. The van der Waals surface area contributed by atoms with Gasteiger partial charge in [-0.05, 0) is 19.4 Å². The number of methoxy groups -OCH3 is 1. The molecule has 3 aromatic heterocycles.